The highest BCUT2D eigenvalue weighted by molar-refractivity contribution is 5.63. The van der Waals surface area contributed by atoms with Crippen LogP contribution in [0.4, 0.5) is 5.82 Å². The van der Waals surface area contributed by atoms with Gasteiger partial charge in [-0.2, -0.15) is 5.21 Å². The van der Waals surface area contributed by atoms with Crippen LogP contribution in [0.5, 0.6) is 0 Å². The third-order valence-corrected chi connectivity index (χ3v) is 4.81. The van der Waals surface area contributed by atoms with Gasteiger partial charge in [0.15, 0.2) is 5.82 Å². The highest BCUT2D eigenvalue weighted by Crippen LogP contribution is 2.31. The molecule has 4 N–H and O–H groups in total. The Bertz CT molecular complexity index is 799. The molecule has 0 bridgehead atoms. The number of aromatic nitrogens is 5. The Balaban J connectivity index is 1.82. The minimum Gasteiger partial charge on any atom is -0.396 e. The van der Waals surface area contributed by atoms with E-state index in [-0.39, 0.29) is 18.4 Å². The van der Waals surface area contributed by atoms with Gasteiger partial charge in [0.25, 0.3) is 0 Å². The number of hydrogen-bond donors (Lipinski definition) is 3. The second kappa shape index (κ2) is 8.05. The van der Waals surface area contributed by atoms with E-state index in [4.69, 9.17) is 5.73 Å². The maximum absolute atomic E-state index is 9.86. The van der Waals surface area contributed by atoms with Crippen LogP contribution in [0, 0.1) is 11.8 Å². The van der Waals surface area contributed by atoms with Gasteiger partial charge in [-0.3, -0.25) is 0 Å². The lowest BCUT2D eigenvalue weighted by atomic mass is 9.80. The average molecular weight is 352 g/mol. The molecular formula is C19H24N6O. The molecule has 3 rings (SSSR count). The summed E-state index contributed by atoms with van der Waals surface area (Å²) in [5, 5.41) is 24.4. The molecule has 7 heteroatoms. The summed E-state index contributed by atoms with van der Waals surface area (Å²) in [5.41, 5.74) is 8.91. The van der Waals surface area contributed by atoms with Crippen LogP contribution in [-0.4, -0.2) is 37.3 Å². The van der Waals surface area contributed by atoms with Crippen molar-refractivity contribution in [2.45, 2.75) is 26.2 Å². The average Bonchev–Trinajstić information content (AvgIpc) is 3.17. The number of tetrazole rings is 1. The first-order valence-electron chi connectivity index (χ1n) is 8.73. The molecule has 0 radical (unpaired) electrons. The van der Waals surface area contributed by atoms with Gasteiger partial charge in [-0.05, 0) is 41.5 Å². The van der Waals surface area contributed by atoms with Gasteiger partial charge in [0.05, 0.1) is 0 Å². The third-order valence-electron chi connectivity index (χ3n) is 4.81. The van der Waals surface area contributed by atoms with Gasteiger partial charge in [-0.1, -0.05) is 43.3 Å². The number of nitrogens with two attached hydrogens (primary N) is 1. The van der Waals surface area contributed by atoms with Crippen molar-refractivity contribution in [3.63, 3.8) is 0 Å². The van der Waals surface area contributed by atoms with Crippen LogP contribution in [0.25, 0.3) is 11.1 Å². The first-order chi connectivity index (χ1) is 12.6. The minimum atomic E-state index is 0.00258. The van der Waals surface area contributed by atoms with E-state index in [1.807, 2.05) is 6.07 Å². The van der Waals surface area contributed by atoms with Crippen LogP contribution in [0.2, 0.25) is 0 Å². The van der Waals surface area contributed by atoms with Crippen molar-refractivity contribution in [2.24, 2.45) is 11.8 Å². The number of aliphatic hydroxyl groups excluding tert-OH is 1. The quantitative estimate of drug-likeness (QED) is 0.602. The number of aliphatic hydroxyl groups is 1. The summed E-state index contributed by atoms with van der Waals surface area (Å²) in [6.07, 6.45) is 2.51. The van der Waals surface area contributed by atoms with E-state index >= 15 is 0 Å². The number of anilines is 1. The zero-order valence-corrected chi connectivity index (χ0v) is 15.0. The SMILES string of the molecule is CC(C)C(CO)C(Cc1ccc(-c2ccc(N)nc2)cc1)c1nn[nH]n1. The molecule has 0 spiro atoms. The number of nitrogens with one attached hydrogen (secondary N) is 1. The Hall–Kier alpha value is -2.80. The van der Waals surface area contributed by atoms with Crippen molar-refractivity contribution in [3.8, 4) is 11.1 Å². The zero-order chi connectivity index (χ0) is 18.5. The normalized spacial score (nSPS) is 13.7. The summed E-state index contributed by atoms with van der Waals surface area (Å²) >= 11 is 0. The fraction of sp³-hybridized carbons (Fsp3) is 0.368. The number of hydrogen-bond acceptors (Lipinski definition) is 6. The highest BCUT2D eigenvalue weighted by Gasteiger charge is 2.29. The molecule has 7 nitrogen and oxygen atoms in total. The summed E-state index contributed by atoms with van der Waals surface area (Å²) < 4.78 is 0. The summed E-state index contributed by atoms with van der Waals surface area (Å²) in [4.78, 5) is 4.14. The molecule has 0 aliphatic rings. The van der Waals surface area contributed by atoms with Gasteiger partial charge in [-0.15, -0.1) is 10.2 Å². The van der Waals surface area contributed by atoms with Crippen LogP contribution in [0.15, 0.2) is 42.6 Å². The number of H-pyrrole nitrogens is 1. The topological polar surface area (TPSA) is 114 Å². The zero-order valence-electron chi connectivity index (χ0n) is 15.0. The molecule has 26 heavy (non-hydrogen) atoms. The molecule has 2 heterocycles. The summed E-state index contributed by atoms with van der Waals surface area (Å²) in [7, 11) is 0. The number of aromatic amines is 1. The molecule has 0 aliphatic carbocycles. The molecule has 0 aliphatic heterocycles. The van der Waals surface area contributed by atoms with Crippen LogP contribution >= 0.6 is 0 Å². The third kappa shape index (κ3) is 4.05. The second-order valence-corrected chi connectivity index (χ2v) is 6.84. The van der Waals surface area contributed by atoms with E-state index in [0.717, 1.165) is 23.1 Å². The molecule has 0 saturated heterocycles. The lowest BCUT2D eigenvalue weighted by molar-refractivity contribution is 0.160. The van der Waals surface area contributed by atoms with Crippen LogP contribution in [0.3, 0.4) is 0 Å². The van der Waals surface area contributed by atoms with E-state index < -0.39 is 0 Å². The van der Waals surface area contributed by atoms with Crippen LogP contribution in [-0.2, 0) is 6.42 Å². The number of benzene rings is 1. The molecular weight excluding hydrogens is 328 g/mol. The Morgan fingerprint density at radius 3 is 2.35 bits per heavy atom. The van der Waals surface area contributed by atoms with Crippen molar-refractivity contribution < 1.29 is 5.11 Å². The van der Waals surface area contributed by atoms with E-state index in [9.17, 15) is 5.11 Å². The first kappa shape index (κ1) is 18.0. The van der Waals surface area contributed by atoms with Crippen molar-refractivity contribution in [1.29, 1.82) is 0 Å². The van der Waals surface area contributed by atoms with Crippen molar-refractivity contribution in [2.75, 3.05) is 12.3 Å². The number of nitrogens with zero attached hydrogens (tertiary/aromatic N) is 4. The van der Waals surface area contributed by atoms with Gasteiger partial charge in [-0.25, -0.2) is 4.98 Å². The minimum absolute atomic E-state index is 0.00258. The van der Waals surface area contributed by atoms with E-state index in [1.165, 1.54) is 0 Å². The number of rotatable bonds is 7. The number of pyridine rings is 1. The summed E-state index contributed by atoms with van der Waals surface area (Å²) in [6, 6.07) is 12.1. The van der Waals surface area contributed by atoms with Gasteiger partial charge >= 0.3 is 0 Å². The van der Waals surface area contributed by atoms with Crippen molar-refractivity contribution in [1.82, 2.24) is 25.6 Å². The predicted molar refractivity (Wildman–Crippen MR) is 100 cm³/mol. The second-order valence-electron chi connectivity index (χ2n) is 6.84. The molecule has 1 aromatic carbocycles. The maximum atomic E-state index is 9.86. The van der Waals surface area contributed by atoms with Crippen molar-refractivity contribution in [3.05, 3.63) is 54.0 Å². The van der Waals surface area contributed by atoms with Crippen LogP contribution < -0.4 is 5.73 Å². The van der Waals surface area contributed by atoms with E-state index in [0.29, 0.717) is 17.6 Å². The number of nitrogen functional groups attached to an aromatic ring is 1. The molecule has 3 aromatic rings. The Labute approximate surface area is 152 Å². The van der Waals surface area contributed by atoms with E-state index in [1.54, 1.807) is 12.3 Å². The monoisotopic (exact) mass is 352 g/mol. The lowest BCUT2D eigenvalue weighted by Crippen LogP contribution is -2.25. The standard InChI is InChI=1S/C19H24N6O/c1-12(2)17(11-26)16(19-22-24-25-23-19)9-13-3-5-14(6-4-13)15-7-8-18(20)21-10-15/h3-8,10,12,16-17,26H,9,11H2,1-2H3,(H2,20,21)(H,22,23,24,25). The van der Waals surface area contributed by atoms with E-state index in [2.05, 4.69) is 63.7 Å². The molecule has 136 valence electrons. The van der Waals surface area contributed by atoms with Gasteiger partial charge in [0.1, 0.15) is 5.82 Å². The summed E-state index contributed by atoms with van der Waals surface area (Å²) in [6.45, 7) is 4.29. The molecule has 2 unspecified atom stereocenters. The fourth-order valence-electron chi connectivity index (χ4n) is 3.23. The van der Waals surface area contributed by atoms with Gasteiger partial charge in [0, 0.05) is 24.3 Å². The Morgan fingerprint density at radius 1 is 1.08 bits per heavy atom. The fourth-order valence-corrected chi connectivity index (χ4v) is 3.23. The highest BCUT2D eigenvalue weighted by atomic mass is 16.3. The predicted octanol–water partition coefficient (Wildman–Crippen LogP) is 2.43. The molecule has 0 fully saturated rings. The van der Waals surface area contributed by atoms with Crippen molar-refractivity contribution >= 4 is 5.82 Å². The molecule has 0 amide bonds. The summed E-state index contributed by atoms with van der Waals surface area (Å²) in [5.74, 6) is 1.53. The largest absolute Gasteiger partial charge is 0.396 e. The van der Waals surface area contributed by atoms with Crippen LogP contribution in [0.1, 0.15) is 31.2 Å². The molecule has 0 saturated carbocycles. The molecule has 2 aromatic heterocycles. The Kier molecular flexibility index (Phi) is 5.58. The first-order valence-corrected chi connectivity index (χ1v) is 8.73. The lowest BCUT2D eigenvalue weighted by Gasteiger charge is -2.26. The smallest absolute Gasteiger partial charge is 0.178 e. The maximum Gasteiger partial charge on any atom is 0.178 e. The Morgan fingerprint density at radius 2 is 1.81 bits per heavy atom. The molecule has 2 atom stereocenters. The van der Waals surface area contributed by atoms with Gasteiger partial charge in [0.2, 0.25) is 0 Å². The van der Waals surface area contributed by atoms with Gasteiger partial charge < -0.3 is 10.8 Å².